The number of allylic oxidation sites excluding steroid dienone is 14. The summed E-state index contributed by atoms with van der Waals surface area (Å²) in [5, 5.41) is 0. The largest absolute Gasteiger partial charge is 0.462 e. The van der Waals surface area contributed by atoms with Crippen LogP contribution in [0, 0.1) is 0 Å². The summed E-state index contributed by atoms with van der Waals surface area (Å²) in [5.41, 5.74) is 0. The number of hydrogen-bond donors (Lipinski definition) is 0. The van der Waals surface area contributed by atoms with Gasteiger partial charge in [0.05, 0.1) is 0 Å². The monoisotopic (exact) mass is 975 g/mol. The number of unbranched alkanes of at least 4 members (excludes halogenated alkanes) is 28. The summed E-state index contributed by atoms with van der Waals surface area (Å²) in [7, 11) is 0. The first-order chi connectivity index (χ1) is 34.5. The molecule has 1 unspecified atom stereocenters. The lowest BCUT2D eigenvalue weighted by Gasteiger charge is -2.18. The van der Waals surface area contributed by atoms with Crippen LogP contribution in [0.4, 0.5) is 0 Å². The van der Waals surface area contributed by atoms with Gasteiger partial charge in [-0.15, -0.1) is 0 Å². The Hall–Kier alpha value is -3.41. The number of hydrogen-bond acceptors (Lipinski definition) is 6. The van der Waals surface area contributed by atoms with E-state index in [1.807, 2.05) is 0 Å². The molecule has 0 bridgehead atoms. The van der Waals surface area contributed by atoms with Gasteiger partial charge in [0.25, 0.3) is 0 Å². The van der Waals surface area contributed by atoms with Gasteiger partial charge in [-0.1, -0.05) is 241 Å². The van der Waals surface area contributed by atoms with Crippen LogP contribution in [0.15, 0.2) is 85.1 Å². The van der Waals surface area contributed by atoms with Crippen molar-refractivity contribution in [3.05, 3.63) is 85.1 Å². The van der Waals surface area contributed by atoms with E-state index in [2.05, 4.69) is 106 Å². The zero-order valence-corrected chi connectivity index (χ0v) is 46.0. The molecule has 0 radical (unpaired) electrons. The van der Waals surface area contributed by atoms with Crippen LogP contribution in [0.5, 0.6) is 0 Å². The maximum absolute atomic E-state index is 12.9. The molecule has 0 spiro atoms. The van der Waals surface area contributed by atoms with Crippen LogP contribution in [0.1, 0.15) is 284 Å². The summed E-state index contributed by atoms with van der Waals surface area (Å²) in [4.78, 5) is 38.2. The summed E-state index contributed by atoms with van der Waals surface area (Å²) in [6, 6.07) is 0. The van der Waals surface area contributed by atoms with Gasteiger partial charge in [-0.25, -0.2) is 0 Å². The number of carbonyl (C=O) groups excluding carboxylic acids is 3. The fraction of sp³-hybridized carbons (Fsp3) is 0.734. The third kappa shape index (κ3) is 55.5. The second-order valence-electron chi connectivity index (χ2n) is 19.5. The minimum absolute atomic E-state index is 0.0889. The molecule has 0 aliphatic rings. The molecule has 0 aliphatic carbocycles. The Morgan fingerprint density at radius 1 is 0.300 bits per heavy atom. The first-order valence-electron chi connectivity index (χ1n) is 29.6. The molecule has 402 valence electrons. The van der Waals surface area contributed by atoms with E-state index in [1.54, 1.807) is 0 Å². The van der Waals surface area contributed by atoms with Gasteiger partial charge in [0.15, 0.2) is 6.10 Å². The number of ether oxygens (including phenoxy) is 3. The number of esters is 3. The average Bonchev–Trinajstić information content (AvgIpc) is 3.36. The molecule has 0 fully saturated rings. The SMILES string of the molecule is CC/C=C\C/C=C\C/C=C\C/C=C\CCCCCCCCC(=O)OCC(COC(=O)CCCCCCC/C=C\C/C=C\CCCC)OC(=O)CCCCCCCCCCC/C=C\CCCCCCCC. The smallest absolute Gasteiger partial charge is 0.306 e. The first-order valence-corrected chi connectivity index (χ1v) is 29.6. The molecule has 6 nitrogen and oxygen atoms in total. The molecule has 0 rings (SSSR count). The molecular weight excluding hydrogens is 865 g/mol. The van der Waals surface area contributed by atoms with Crippen LogP contribution < -0.4 is 0 Å². The van der Waals surface area contributed by atoms with E-state index in [0.717, 1.165) is 116 Å². The second-order valence-corrected chi connectivity index (χ2v) is 19.5. The zero-order chi connectivity index (χ0) is 50.7. The van der Waals surface area contributed by atoms with Crippen LogP contribution in [0.2, 0.25) is 0 Å². The van der Waals surface area contributed by atoms with E-state index < -0.39 is 6.10 Å². The van der Waals surface area contributed by atoms with Crippen molar-refractivity contribution in [2.24, 2.45) is 0 Å². The fourth-order valence-electron chi connectivity index (χ4n) is 8.15. The van der Waals surface area contributed by atoms with Crippen molar-refractivity contribution < 1.29 is 28.6 Å². The van der Waals surface area contributed by atoms with Gasteiger partial charge in [-0.05, 0) is 109 Å². The van der Waals surface area contributed by atoms with Crippen molar-refractivity contribution in [1.29, 1.82) is 0 Å². The lowest BCUT2D eigenvalue weighted by Crippen LogP contribution is -2.30. The Kier molecular flexibility index (Phi) is 55.3. The van der Waals surface area contributed by atoms with Gasteiger partial charge in [0.1, 0.15) is 13.2 Å². The van der Waals surface area contributed by atoms with E-state index in [1.165, 1.54) is 128 Å². The third-order valence-corrected chi connectivity index (χ3v) is 12.6. The molecule has 0 aromatic heterocycles. The molecule has 0 saturated carbocycles. The minimum Gasteiger partial charge on any atom is -0.462 e. The van der Waals surface area contributed by atoms with Crippen LogP contribution in [-0.2, 0) is 28.6 Å². The molecule has 0 aliphatic heterocycles. The average molecular weight is 976 g/mol. The lowest BCUT2D eigenvalue weighted by atomic mass is 10.1. The van der Waals surface area contributed by atoms with E-state index in [0.29, 0.717) is 19.3 Å². The van der Waals surface area contributed by atoms with Crippen LogP contribution in [0.3, 0.4) is 0 Å². The first kappa shape index (κ1) is 66.6. The molecule has 1 atom stereocenters. The molecule has 0 amide bonds. The summed E-state index contributed by atoms with van der Waals surface area (Å²) in [6.45, 7) is 6.48. The topological polar surface area (TPSA) is 78.9 Å². The lowest BCUT2D eigenvalue weighted by molar-refractivity contribution is -0.167. The van der Waals surface area contributed by atoms with Crippen molar-refractivity contribution in [2.75, 3.05) is 13.2 Å². The quantitative estimate of drug-likeness (QED) is 0.0261. The highest BCUT2D eigenvalue weighted by Gasteiger charge is 2.19. The molecule has 6 heteroatoms. The molecule has 70 heavy (non-hydrogen) atoms. The van der Waals surface area contributed by atoms with Crippen LogP contribution >= 0.6 is 0 Å². The highest BCUT2D eigenvalue weighted by atomic mass is 16.6. The van der Waals surface area contributed by atoms with E-state index in [-0.39, 0.29) is 31.1 Å². The number of carbonyl (C=O) groups is 3. The maximum Gasteiger partial charge on any atom is 0.306 e. The molecular formula is C64H110O6. The van der Waals surface area contributed by atoms with Crippen molar-refractivity contribution in [3.8, 4) is 0 Å². The normalized spacial score (nSPS) is 12.7. The minimum atomic E-state index is -0.790. The van der Waals surface area contributed by atoms with Crippen molar-refractivity contribution in [2.45, 2.75) is 290 Å². The van der Waals surface area contributed by atoms with E-state index in [9.17, 15) is 14.4 Å². The molecule has 0 N–H and O–H groups in total. The van der Waals surface area contributed by atoms with Gasteiger partial charge in [0, 0.05) is 19.3 Å². The highest BCUT2D eigenvalue weighted by Crippen LogP contribution is 2.15. The molecule has 0 aromatic rings. The van der Waals surface area contributed by atoms with Gasteiger partial charge in [-0.3, -0.25) is 14.4 Å². The highest BCUT2D eigenvalue weighted by molar-refractivity contribution is 5.71. The van der Waals surface area contributed by atoms with Crippen molar-refractivity contribution in [1.82, 2.24) is 0 Å². The van der Waals surface area contributed by atoms with E-state index in [4.69, 9.17) is 14.2 Å². The predicted octanol–water partition coefficient (Wildman–Crippen LogP) is 19.9. The fourth-order valence-corrected chi connectivity index (χ4v) is 8.15. The Bertz CT molecular complexity index is 1350. The standard InChI is InChI=1S/C64H110O6/c1-4-7-10-13-16-19-22-25-28-30-32-34-36-39-42-45-48-51-54-57-63(66)69-60-61(59-68-62(65)56-53-50-47-44-41-38-27-24-21-18-15-12-9-6-3)70-64(67)58-55-52-49-46-43-40-37-35-33-31-29-26-23-20-17-14-11-8-5-2/h7,10,15-16,18-19,24-29,32,34,61H,4-6,8-9,11-14,17,20-23,30-31,33,35-60H2,1-3H3/b10-7-,18-15-,19-16-,27-24-,28-25-,29-26-,34-32-. The summed E-state index contributed by atoms with van der Waals surface area (Å²) >= 11 is 0. The van der Waals surface area contributed by atoms with Gasteiger partial charge < -0.3 is 14.2 Å². The van der Waals surface area contributed by atoms with Crippen LogP contribution in [0.25, 0.3) is 0 Å². The van der Waals surface area contributed by atoms with Crippen molar-refractivity contribution in [3.63, 3.8) is 0 Å². The number of rotatable bonds is 53. The molecule has 0 saturated heterocycles. The predicted molar refractivity (Wildman–Crippen MR) is 302 cm³/mol. The third-order valence-electron chi connectivity index (χ3n) is 12.6. The van der Waals surface area contributed by atoms with Gasteiger partial charge in [-0.2, -0.15) is 0 Å². The second kappa shape index (κ2) is 58.2. The van der Waals surface area contributed by atoms with E-state index >= 15 is 0 Å². The van der Waals surface area contributed by atoms with Gasteiger partial charge in [0.2, 0.25) is 0 Å². The summed E-state index contributed by atoms with van der Waals surface area (Å²) < 4.78 is 16.9. The Labute approximate surface area is 433 Å². The summed E-state index contributed by atoms with van der Waals surface area (Å²) in [5.74, 6) is -0.910. The molecule has 0 aromatic carbocycles. The summed E-state index contributed by atoms with van der Waals surface area (Å²) in [6.07, 6.45) is 75.7. The van der Waals surface area contributed by atoms with Crippen molar-refractivity contribution >= 4 is 17.9 Å². The zero-order valence-electron chi connectivity index (χ0n) is 46.0. The van der Waals surface area contributed by atoms with Crippen LogP contribution in [-0.4, -0.2) is 37.2 Å². The Balaban J connectivity index is 4.41. The Morgan fingerprint density at radius 3 is 0.929 bits per heavy atom. The maximum atomic E-state index is 12.9. The Morgan fingerprint density at radius 2 is 0.571 bits per heavy atom. The molecule has 0 heterocycles. The van der Waals surface area contributed by atoms with Gasteiger partial charge >= 0.3 is 17.9 Å².